The molecule has 9 heteroatoms. The lowest BCUT2D eigenvalue weighted by Crippen LogP contribution is -1.98. The summed E-state index contributed by atoms with van der Waals surface area (Å²) in [5.74, 6) is 0.347. The van der Waals surface area contributed by atoms with Crippen molar-refractivity contribution < 1.29 is 8.78 Å². The van der Waals surface area contributed by atoms with Crippen LogP contribution in [0.2, 0.25) is 0 Å². The van der Waals surface area contributed by atoms with Gasteiger partial charge in [0.1, 0.15) is 23.8 Å². The van der Waals surface area contributed by atoms with Crippen LogP contribution in [0.25, 0.3) is 33.5 Å². The number of aromatic nitrogens is 5. The van der Waals surface area contributed by atoms with E-state index in [0.29, 0.717) is 17.0 Å². The molecule has 6 nitrogen and oxygen atoms in total. The Hall–Kier alpha value is -3.72. The van der Waals surface area contributed by atoms with Gasteiger partial charge >= 0.3 is 0 Å². The van der Waals surface area contributed by atoms with Crippen LogP contribution in [-0.4, -0.2) is 30.1 Å². The third-order valence-electron chi connectivity index (χ3n) is 5.19. The van der Waals surface area contributed by atoms with Gasteiger partial charge in [-0.15, -0.1) is 0 Å². The average Bonchev–Trinajstić information content (AvgIpc) is 3.43. The molecule has 2 aromatic carbocycles. The molecule has 3 aromatic heterocycles. The molecule has 0 spiro atoms. The Labute approximate surface area is 193 Å². The highest BCUT2D eigenvalue weighted by atomic mass is 32.2. The molecule has 0 radical (unpaired) electrons. The maximum absolute atomic E-state index is 14.6. The van der Waals surface area contributed by atoms with E-state index in [9.17, 15) is 8.78 Å². The summed E-state index contributed by atoms with van der Waals surface area (Å²) in [6.07, 6.45) is 5.32. The Morgan fingerprint density at radius 1 is 1.00 bits per heavy atom. The van der Waals surface area contributed by atoms with Crippen LogP contribution >= 0.6 is 11.9 Å². The van der Waals surface area contributed by atoms with Gasteiger partial charge in [-0.2, -0.15) is 10.2 Å². The first-order valence-electron chi connectivity index (χ1n) is 10.4. The molecule has 0 atom stereocenters. The summed E-state index contributed by atoms with van der Waals surface area (Å²) < 4.78 is 34.8. The highest BCUT2D eigenvalue weighted by Crippen LogP contribution is 2.34. The highest BCUT2D eigenvalue weighted by molar-refractivity contribution is 8.00. The number of rotatable bonds is 6. The van der Waals surface area contributed by atoms with E-state index in [2.05, 4.69) is 19.9 Å². The maximum atomic E-state index is 14.6. The topological polar surface area (TPSA) is 60.0 Å². The number of halogens is 2. The minimum atomic E-state index is -0.603. The number of pyridine rings is 1. The van der Waals surface area contributed by atoms with Crippen molar-refractivity contribution >= 4 is 23.2 Å². The van der Waals surface area contributed by atoms with Crippen molar-refractivity contribution in [3.05, 3.63) is 84.7 Å². The van der Waals surface area contributed by atoms with Gasteiger partial charge in [-0.25, -0.2) is 23.0 Å². The van der Waals surface area contributed by atoms with Gasteiger partial charge in [-0.05, 0) is 60.5 Å². The smallest absolute Gasteiger partial charge is 0.147 e. The molecule has 33 heavy (non-hydrogen) atoms. The third-order valence-corrected chi connectivity index (χ3v) is 5.86. The second kappa shape index (κ2) is 8.67. The number of fused-ring (bicyclic) bond motifs is 1. The van der Waals surface area contributed by atoms with E-state index >= 15 is 0 Å². The minimum Gasteiger partial charge on any atom is -0.330 e. The predicted molar refractivity (Wildman–Crippen MR) is 127 cm³/mol. The fourth-order valence-corrected chi connectivity index (χ4v) is 4.11. The fourth-order valence-electron chi connectivity index (χ4n) is 3.68. The van der Waals surface area contributed by atoms with Crippen LogP contribution in [0.4, 0.5) is 14.5 Å². The number of nitrogens with zero attached hydrogens (tertiary/aromatic N) is 5. The quantitative estimate of drug-likeness (QED) is 0.318. The standard InChI is InChI=1S/C24H20F2N6S/c1-3-33-30-19-9-16(21-6-4-18(25)11-23(21)26)8-17(10-19)22-12-28-31-13-20(5-7-24(22)31)32-14-27-15(2)29-32/h4-14,30H,3H2,1-2H3. The van der Waals surface area contributed by atoms with Crippen molar-refractivity contribution in [2.45, 2.75) is 13.8 Å². The number of aryl methyl sites for hydroxylation is 1. The zero-order valence-electron chi connectivity index (χ0n) is 18.0. The molecule has 5 rings (SSSR count). The lowest BCUT2D eigenvalue weighted by atomic mass is 9.98. The zero-order valence-corrected chi connectivity index (χ0v) is 18.8. The molecule has 0 aliphatic carbocycles. The number of hydrogen-bond donors (Lipinski definition) is 1. The van der Waals surface area contributed by atoms with Crippen molar-refractivity contribution in [2.24, 2.45) is 0 Å². The van der Waals surface area contributed by atoms with E-state index in [0.717, 1.165) is 39.8 Å². The van der Waals surface area contributed by atoms with E-state index in [4.69, 9.17) is 0 Å². The van der Waals surface area contributed by atoms with E-state index in [1.54, 1.807) is 33.7 Å². The first-order valence-corrected chi connectivity index (χ1v) is 11.3. The lowest BCUT2D eigenvalue weighted by molar-refractivity contribution is 0.585. The number of nitrogens with one attached hydrogen (secondary N) is 1. The fraction of sp³-hybridized carbons (Fsp3) is 0.125. The summed E-state index contributed by atoms with van der Waals surface area (Å²) in [5, 5.41) is 8.86. The van der Waals surface area contributed by atoms with E-state index in [1.807, 2.05) is 50.4 Å². The number of anilines is 1. The molecular weight excluding hydrogens is 442 g/mol. The van der Waals surface area contributed by atoms with Crippen LogP contribution in [-0.2, 0) is 0 Å². The highest BCUT2D eigenvalue weighted by Gasteiger charge is 2.14. The Morgan fingerprint density at radius 3 is 2.55 bits per heavy atom. The maximum Gasteiger partial charge on any atom is 0.147 e. The van der Waals surface area contributed by atoms with Crippen LogP contribution in [0.5, 0.6) is 0 Å². The van der Waals surface area contributed by atoms with Gasteiger partial charge in [-0.3, -0.25) is 0 Å². The zero-order chi connectivity index (χ0) is 22.9. The Bertz CT molecular complexity index is 1460. The molecule has 0 fully saturated rings. The summed E-state index contributed by atoms with van der Waals surface area (Å²) in [7, 11) is 0. The molecule has 3 heterocycles. The van der Waals surface area contributed by atoms with Crippen LogP contribution in [0, 0.1) is 18.6 Å². The normalized spacial score (nSPS) is 11.3. The van der Waals surface area contributed by atoms with Gasteiger partial charge in [0.05, 0.1) is 23.6 Å². The molecule has 0 aliphatic rings. The summed E-state index contributed by atoms with van der Waals surface area (Å²) in [6.45, 7) is 3.88. The largest absolute Gasteiger partial charge is 0.330 e. The summed E-state index contributed by atoms with van der Waals surface area (Å²) in [6, 6.07) is 13.3. The first-order chi connectivity index (χ1) is 16.0. The molecular formula is C24H20F2N6S. The second-order valence-electron chi connectivity index (χ2n) is 7.47. The van der Waals surface area contributed by atoms with Crippen LogP contribution in [0.15, 0.2) is 67.3 Å². The minimum absolute atomic E-state index is 0.336. The van der Waals surface area contributed by atoms with Crippen LogP contribution in [0.1, 0.15) is 12.7 Å². The molecule has 5 aromatic rings. The number of benzene rings is 2. The molecule has 0 saturated carbocycles. The Morgan fingerprint density at radius 2 is 1.82 bits per heavy atom. The van der Waals surface area contributed by atoms with Crippen molar-refractivity contribution in [3.63, 3.8) is 0 Å². The summed E-state index contributed by atoms with van der Waals surface area (Å²) in [4.78, 5) is 4.17. The second-order valence-corrected chi connectivity index (χ2v) is 8.54. The lowest BCUT2D eigenvalue weighted by Gasteiger charge is -2.12. The van der Waals surface area contributed by atoms with Gasteiger partial charge in [0.15, 0.2) is 0 Å². The molecule has 166 valence electrons. The summed E-state index contributed by atoms with van der Waals surface area (Å²) in [5.41, 5.74) is 5.30. The SMILES string of the molecule is CCSNc1cc(-c2ccc(F)cc2F)cc(-c2cnn3cc(-n4cnc(C)n4)ccc23)c1. The molecule has 0 aliphatic heterocycles. The monoisotopic (exact) mass is 462 g/mol. The number of hydrogen-bond acceptors (Lipinski definition) is 5. The van der Waals surface area contributed by atoms with Gasteiger partial charge in [0.2, 0.25) is 0 Å². The molecule has 0 bridgehead atoms. The molecule has 0 unspecified atom stereocenters. The van der Waals surface area contributed by atoms with Crippen LogP contribution in [0.3, 0.4) is 0 Å². The van der Waals surface area contributed by atoms with E-state index in [-0.39, 0.29) is 0 Å². The van der Waals surface area contributed by atoms with Crippen molar-refractivity contribution in [1.82, 2.24) is 24.4 Å². The predicted octanol–water partition coefficient (Wildman–Crippen LogP) is 5.92. The first kappa shape index (κ1) is 21.1. The van der Waals surface area contributed by atoms with Crippen molar-refractivity contribution in [1.29, 1.82) is 0 Å². The van der Waals surface area contributed by atoms with Gasteiger partial charge in [0, 0.05) is 28.6 Å². The average molecular weight is 463 g/mol. The van der Waals surface area contributed by atoms with E-state index < -0.39 is 11.6 Å². The van der Waals surface area contributed by atoms with Crippen LogP contribution < -0.4 is 4.72 Å². The third kappa shape index (κ3) is 4.19. The van der Waals surface area contributed by atoms with Gasteiger partial charge in [-0.1, -0.05) is 18.9 Å². The summed E-state index contributed by atoms with van der Waals surface area (Å²) >= 11 is 1.54. The molecule has 1 N–H and O–H groups in total. The van der Waals surface area contributed by atoms with Gasteiger partial charge < -0.3 is 4.72 Å². The van der Waals surface area contributed by atoms with Crippen molar-refractivity contribution in [2.75, 3.05) is 10.5 Å². The van der Waals surface area contributed by atoms with Crippen molar-refractivity contribution in [3.8, 4) is 27.9 Å². The Balaban J connectivity index is 1.61. The van der Waals surface area contributed by atoms with Gasteiger partial charge in [0.25, 0.3) is 0 Å². The molecule has 0 saturated heterocycles. The van der Waals surface area contributed by atoms with E-state index in [1.165, 1.54) is 12.1 Å². The molecule has 0 amide bonds. The Kier molecular flexibility index (Phi) is 5.55.